The van der Waals surface area contributed by atoms with Gasteiger partial charge in [0.2, 0.25) is 5.88 Å². The van der Waals surface area contributed by atoms with Gasteiger partial charge in [-0.05, 0) is 34.1 Å². The molecule has 1 aromatic heterocycles. The first-order chi connectivity index (χ1) is 8.99. The Morgan fingerprint density at radius 3 is 2.84 bits per heavy atom. The van der Waals surface area contributed by atoms with Gasteiger partial charge in [0, 0.05) is 10.7 Å². The van der Waals surface area contributed by atoms with Gasteiger partial charge >= 0.3 is 5.97 Å². The van der Waals surface area contributed by atoms with Gasteiger partial charge in [0.1, 0.15) is 22.2 Å². The third kappa shape index (κ3) is 3.02. The Morgan fingerprint density at radius 1 is 1.47 bits per heavy atom. The van der Waals surface area contributed by atoms with Crippen molar-refractivity contribution in [1.29, 1.82) is 0 Å². The normalized spacial score (nSPS) is 10.3. The first kappa shape index (κ1) is 13.8. The van der Waals surface area contributed by atoms with Gasteiger partial charge in [-0.15, -0.1) is 0 Å². The van der Waals surface area contributed by atoms with E-state index in [-0.39, 0.29) is 16.7 Å². The van der Waals surface area contributed by atoms with Gasteiger partial charge in [-0.25, -0.2) is 14.2 Å². The zero-order valence-electron chi connectivity index (χ0n) is 9.23. The van der Waals surface area contributed by atoms with E-state index < -0.39 is 17.3 Å². The predicted octanol–water partition coefficient (Wildman–Crippen LogP) is 4.13. The first-order valence-corrected chi connectivity index (χ1v) is 6.17. The minimum atomic E-state index is -1.43. The maximum atomic E-state index is 13.4. The van der Waals surface area contributed by atoms with E-state index in [2.05, 4.69) is 20.9 Å². The van der Waals surface area contributed by atoms with Crippen LogP contribution in [-0.2, 0) is 0 Å². The molecule has 1 heterocycles. The van der Waals surface area contributed by atoms with Crippen LogP contribution >= 0.6 is 27.5 Å². The number of pyridine rings is 1. The molecule has 0 amide bonds. The van der Waals surface area contributed by atoms with Crippen LogP contribution < -0.4 is 4.74 Å². The van der Waals surface area contributed by atoms with E-state index >= 15 is 0 Å². The molecule has 0 spiro atoms. The number of ether oxygens (including phenoxy) is 1. The first-order valence-electron chi connectivity index (χ1n) is 4.99. The van der Waals surface area contributed by atoms with Gasteiger partial charge in [0.05, 0.1) is 0 Å². The largest absolute Gasteiger partial charge is 0.477 e. The number of hydrogen-bond donors (Lipinski definition) is 1. The minimum absolute atomic E-state index is 0.00188. The number of halogens is 3. The fourth-order valence-electron chi connectivity index (χ4n) is 1.38. The maximum absolute atomic E-state index is 13.4. The molecule has 0 unspecified atom stereocenters. The van der Waals surface area contributed by atoms with E-state index in [1.165, 1.54) is 24.4 Å². The van der Waals surface area contributed by atoms with Gasteiger partial charge in [0.25, 0.3) is 0 Å². The van der Waals surface area contributed by atoms with Crippen molar-refractivity contribution in [2.45, 2.75) is 0 Å². The van der Waals surface area contributed by atoms with Crippen LogP contribution in [0.2, 0.25) is 5.02 Å². The zero-order chi connectivity index (χ0) is 14.0. The maximum Gasteiger partial charge on any atom is 0.342 e. The highest BCUT2D eigenvalue weighted by molar-refractivity contribution is 9.10. The van der Waals surface area contributed by atoms with Crippen LogP contribution in [0.1, 0.15) is 10.4 Å². The number of nitrogens with zero attached hydrogens (tertiary/aromatic N) is 1. The Kier molecular flexibility index (Phi) is 4.01. The average molecular weight is 347 g/mol. The summed E-state index contributed by atoms with van der Waals surface area (Å²) in [6.07, 6.45) is 1.43. The average Bonchev–Trinajstić information content (AvgIpc) is 2.32. The van der Waals surface area contributed by atoms with Crippen LogP contribution in [0.3, 0.4) is 0 Å². The Bertz CT molecular complexity index is 651. The lowest BCUT2D eigenvalue weighted by Gasteiger charge is -2.09. The van der Waals surface area contributed by atoms with E-state index in [0.29, 0.717) is 4.47 Å². The molecule has 7 heteroatoms. The fourth-order valence-corrected chi connectivity index (χ4v) is 2.05. The lowest BCUT2D eigenvalue weighted by atomic mass is 10.2. The summed E-state index contributed by atoms with van der Waals surface area (Å²) in [6, 6.07) is 5.23. The number of aromatic carboxylic acids is 1. The van der Waals surface area contributed by atoms with Crippen molar-refractivity contribution in [3.8, 4) is 11.6 Å². The zero-order valence-corrected chi connectivity index (χ0v) is 11.6. The third-order valence-corrected chi connectivity index (χ3v) is 2.87. The highest BCUT2D eigenvalue weighted by atomic mass is 79.9. The van der Waals surface area contributed by atoms with Crippen LogP contribution in [0.4, 0.5) is 4.39 Å². The summed E-state index contributed by atoms with van der Waals surface area (Å²) in [7, 11) is 0. The molecule has 0 aliphatic carbocycles. The number of carbonyl (C=O) groups is 1. The standard InChI is InChI=1S/C12H6BrClFNO3/c13-6-4-7(14)11(16-5-6)19-9-3-1-2-8(15)10(9)12(17)18/h1-5H,(H,17,18). The summed E-state index contributed by atoms with van der Waals surface area (Å²) in [6.45, 7) is 0. The summed E-state index contributed by atoms with van der Waals surface area (Å²) in [5, 5.41) is 9.13. The van der Waals surface area contributed by atoms with E-state index in [1.54, 1.807) is 0 Å². The second kappa shape index (κ2) is 5.54. The molecule has 0 aliphatic rings. The van der Waals surface area contributed by atoms with Gasteiger partial charge in [-0.2, -0.15) is 0 Å². The van der Waals surface area contributed by atoms with Crippen LogP contribution in [0.25, 0.3) is 0 Å². The third-order valence-electron chi connectivity index (χ3n) is 2.17. The van der Waals surface area contributed by atoms with Crippen LogP contribution in [-0.4, -0.2) is 16.1 Å². The SMILES string of the molecule is O=C(O)c1c(F)cccc1Oc1ncc(Br)cc1Cl. The van der Waals surface area contributed by atoms with Gasteiger partial charge in [0.15, 0.2) is 0 Å². The number of aromatic nitrogens is 1. The van der Waals surface area contributed by atoms with Crippen molar-refractivity contribution < 1.29 is 19.0 Å². The van der Waals surface area contributed by atoms with Crippen molar-refractivity contribution in [2.75, 3.05) is 0 Å². The monoisotopic (exact) mass is 345 g/mol. The topological polar surface area (TPSA) is 59.4 Å². The number of benzene rings is 1. The Balaban J connectivity index is 2.44. The molecule has 0 aliphatic heterocycles. The molecule has 98 valence electrons. The molecule has 2 rings (SSSR count). The Labute approximate surface area is 120 Å². The van der Waals surface area contributed by atoms with Crippen molar-refractivity contribution in [2.24, 2.45) is 0 Å². The summed E-state index contributed by atoms with van der Waals surface area (Å²) < 4.78 is 19.3. The lowest BCUT2D eigenvalue weighted by Crippen LogP contribution is -2.04. The van der Waals surface area contributed by atoms with Crippen LogP contribution in [0, 0.1) is 5.82 Å². The molecule has 2 aromatic rings. The molecular weight excluding hydrogens is 340 g/mol. The molecule has 0 bridgehead atoms. The second-order valence-corrected chi connectivity index (χ2v) is 4.78. The van der Waals surface area contributed by atoms with Gasteiger partial charge in [-0.1, -0.05) is 17.7 Å². The second-order valence-electron chi connectivity index (χ2n) is 3.46. The van der Waals surface area contributed by atoms with Crippen LogP contribution in [0.5, 0.6) is 11.6 Å². The van der Waals surface area contributed by atoms with Gasteiger partial charge in [-0.3, -0.25) is 0 Å². The molecule has 0 saturated carbocycles. The molecule has 1 aromatic carbocycles. The van der Waals surface area contributed by atoms with Crippen LogP contribution in [0.15, 0.2) is 34.9 Å². The Hall–Kier alpha value is -1.66. The quantitative estimate of drug-likeness (QED) is 0.908. The Morgan fingerprint density at radius 2 is 2.21 bits per heavy atom. The molecular formula is C12H6BrClFNO3. The summed E-state index contributed by atoms with van der Waals surface area (Å²) in [5.41, 5.74) is -0.566. The van der Waals surface area contributed by atoms with E-state index in [9.17, 15) is 9.18 Å². The minimum Gasteiger partial charge on any atom is -0.477 e. The number of carboxylic acid groups (broad SMARTS) is 1. The number of carboxylic acids is 1. The molecule has 0 saturated heterocycles. The smallest absolute Gasteiger partial charge is 0.342 e. The van der Waals surface area contributed by atoms with Crippen molar-refractivity contribution in [1.82, 2.24) is 4.98 Å². The van der Waals surface area contributed by atoms with E-state index in [4.69, 9.17) is 21.4 Å². The van der Waals surface area contributed by atoms with Gasteiger partial charge < -0.3 is 9.84 Å². The molecule has 19 heavy (non-hydrogen) atoms. The molecule has 0 fully saturated rings. The van der Waals surface area contributed by atoms with Crippen molar-refractivity contribution in [3.63, 3.8) is 0 Å². The summed E-state index contributed by atoms with van der Waals surface area (Å²) in [5.74, 6) is -2.48. The van der Waals surface area contributed by atoms with Crippen molar-refractivity contribution >= 4 is 33.5 Å². The van der Waals surface area contributed by atoms with Crippen molar-refractivity contribution in [3.05, 3.63) is 51.3 Å². The summed E-state index contributed by atoms with van der Waals surface area (Å²) >= 11 is 9.07. The fraction of sp³-hybridized carbons (Fsp3) is 0. The number of rotatable bonds is 3. The highest BCUT2D eigenvalue weighted by Gasteiger charge is 2.18. The lowest BCUT2D eigenvalue weighted by molar-refractivity contribution is 0.0689. The molecule has 0 radical (unpaired) electrons. The molecule has 4 nitrogen and oxygen atoms in total. The van der Waals surface area contributed by atoms with E-state index in [0.717, 1.165) is 6.07 Å². The highest BCUT2D eigenvalue weighted by Crippen LogP contribution is 2.31. The van der Waals surface area contributed by atoms with E-state index in [1.807, 2.05) is 0 Å². The number of hydrogen-bond acceptors (Lipinski definition) is 3. The molecule has 1 N–H and O–H groups in total. The summed E-state index contributed by atoms with van der Waals surface area (Å²) in [4.78, 5) is 14.9. The molecule has 0 atom stereocenters. The predicted molar refractivity (Wildman–Crippen MR) is 70.4 cm³/mol.